The molecule has 9 aromatic rings. The number of Topliss-reactive ketones (excluding diaryl/α,β-unsaturated/α-hetero) is 2. The second kappa shape index (κ2) is 38.1. The number of nitrogens with one attached hydrogen (secondary N) is 2. The molecule has 0 aliphatic heterocycles. The summed E-state index contributed by atoms with van der Waals surface area (Å²) in [5, 5.41) is 57.2. The van der Waals surface area contributed by atoms with Crippen LogP contribution in [0.15, 0.2) is 127 Å². The van der Waals surface area contributed by atoms with Gasteiger partial charge in [0.15, 0.2) is 28.0 Å². The van der Waals surface area contributed by atoms with Gasteiger partial charge in [-0.3, -0.25) is 19.2 Å². The molecule has 4 heterocycles. The van der Waals surface area contributed by atoms with Gasteiger partial charge < -0.3 is 37.9 Å². The summed E-state index contributed by atoms with van der Waals surface area (Å²) in [6.45, 7) is 3.16. The number of aryl methyl sites for hydroxylation is 2. The van der Waals surface area contributed by atoms with E-state index in [0.29, 0.717) is 62.1 Å². The number of rotatable bonds is 40. The summed E-state index contributed by atoms with van der Waals surface area (Å²) in [7, 11) is 0. The minimum absolute atomic E-state index is 0.0412. The van der Waals surface area contributed by atoms with Crippen molar-refractivity contribution in [2.75, 3.05) is 39.6 Å². The highest BCUT2D eigenvalue weighted by Crippen LogP contribution is 2.33. The number of benzene rings is 5. The number of H-pyrrole nitrogens is 2. The zero-order chi connectivity index (χ0) is 70.5. The molecule has 520 valence electrons. The Morgan fingerprint density at radius 3 is 1.54 bits per heavy atom. The molecular formula is C66H71Cl2N15O16. The van der Waals surface area contributed by atoms with Crippen LogP contribution in [0.4, 0.5) is 0 Å². The maximum atomic E-state index is 14.2. The molecule has 99 heavy (non-hydrogen) atoms. The first-order valence-electron chi connectivity index (χ1n) is 31.7. The lowest BCUT2D eigenvalue weighted by Crippen LogP contribution is -2.30. The maximum absolute atomic E-state index is 14.2. The average molecular weight is 1400 g/mol. The molecule has 0 radical (unpaired) electrons. The highest BCUT2D eigenvalue weighted by Gasteiger charge is 2.30. The largest absolute Gasteiger partial charge is 0.466 e. The second-order valence-electron chi connectivity index (χ2n) is 22.3. The number of nitrogens with zero attached hydrogens (tertiary/aromatic N) is 13. The molecule has 0 bridgehead atoms. The van der Waals surface area contributed by atoms with E-state index in [1.165, 1.54) is 0 Å². The number of hydrogen-bond acceptors (Lipinski definition) is 24. The Bertz CT molecular complexity index is 4100. The first-order chi connectivity index (χ1) is 48.0. The molecule has 0 fully saturated rings. The fourth-order valence-electron chi connectivity index (χ4n) is 10.5. The summed E-state index contributed by atoms with van der Waals surface area (Å²) in [6.07, 6.45) is 3.92. The van der Waals surface area contributed by atoms with E-state index < -0.39 is 58.2 Å². The highest BCUT2D eigenvalue weighted by molar-refractivity contribution is 6.33. The van der Waals surface area contributed by atoms with Crippen LogP contribution in [0.2, 0.25) is 10.3 Å². The summed E-state index contributed by atoms with van der Waals surface area (Å²) in [6, 6.07) is 40.5. The molecular weight excluding hydrogens is 1330 g/mol. The standard InChI is InChI=1S/C37H39ClN8O10.C29H32ClN7O6/c1-2-3-13-33-39-35(38)34(44(33)22-26-14-16-27(17-15-26)30-11-7-8-12-31(30)36-40-42-43-41-36)32(47)21-28(20-25-9-5-4-6-10-25)37(48)54-19-18-53-23-29(56-46(51)52)24-55-45(49)50;1-2-3-10-25-31-28(30)27(24(38)15-16-26(39)42-17-6-7-18-43-37(40)41)36(25)19-20-11-13-21(14-12-20)22-8-4-5-9-23(22)29-32-34-35-33-29/h4-12,14-17,28-29H,2-3,13,18-24H2,1H3,(H,40,41,42,43);4-5,8-9,11-14H,2-3,6-7,10,15-19H2,1H3,(H,32,33,34,35). The molecule has 2 N–H and O–H groups in total. The summed E-state index contributed by atoms with van der Waals surface area (Å²) < 4.78 is 19.6. The normalized spacial score (nSPS) is 11.6. The summed E-state index contributed by atoms with van der Waals surface area (Å²) >= 11 is 13.2. The molecule has 0 saturated heterocycles. The number of tetrazole rings is 2. The van der Waals surface area contributed by atoms with Crippen molar-refractivity contribution in [3.63, 3.8) is 0 Å². The van der Waals surface area contributed by atoms with Crippen molar-refractivity contribution >= 4 is 46.7 Å². The molecule has 33 heteroatoms. The van der Waals surface area contributed by atoms with Crippen molar-refractivity contribution in [2.45, 2.75) is 110 Å². The van der Waals surface area contributed by atoms with Crippen LogP contribution in [0.1, 0.15) is 121 Å². The highest BCUT2D eigenvalue weighted by atomic mass is 35.5. The molecule has 0 amide bonds. The third-order valence-corrected chi connectivity index (χ3v) is 15.8. The Morgan fingerprint density at radius 1 is 0.535 bits per heavy atom. The number of ketones is 2. The van der Waals surface area contributed by atoms with Gasteiger partial charge in [0.1, 0.15) is 36.3 Å². The molecule has 0 aliphatic carbocycles. The lowest BCUT2D eigenvalue weighted by atomic mass is 9.93. The molecule has 0 aliphatic rings. The van der Waals surface area contributed by atoms with Gasteiger partial charge in [-0.05, 0) is 81.5 Å². The molecule has 2 atom stereocenters. The predicted octanol–water partition coefficient (Wildman–Crippen LogP) is 10.8. The number of esters is 2. The summed E-state index contributed by atoms with van der Waals surface area (Å²) in [5.41, 5.74) is 8.54. The number of imidazole rings is 2. The van der Waals surface area contributed by atoms with E-state index in [-0.39, 0.29) is 79.6 Å². The van der Waals surface area contributed by atoms with Crippen molar-refractivity contribution in [2.24, 2.45) is 5.92 Å². The summed E-state index contributed by atoms with van der Waals surface area (Å²) in [5.74, 6) is -0.489. The molecule has 9 rings (SSSR count). The number of hydrogen-bond donors (Lipinski definition) is 2. The van der Waals surface area contributed by atoms with Crippen LogP contribution in [0.25, 0.3) is 45.0 Å². The fraction of sp³-hybridized carbons (Fsp3) is 0.364. The molecule has 0 saturated carbocycles. The van der Waals surface area contributed by atoms with E-state index in [1.54, 1.807) is 0 Å². The third-order valence-electron chi connectivity index (χ3n) is 15.3. The number of aromatic amines is 2. The van der Waals surface area contributed by atoms with Gasteiger partial charge in [-0.1, -0.05) is 177 Å². The Balaban J connectivity index is 0.000000261. The molecule has 0 spiro atoms. The lowest BCUT2D eigenvalue weighted by Gasteiger charge is -2.18. The quantitative estimate of drug-likeness (QED) is 0.0118. The van der Waals surface area contributed by atoms with Gasteiger partial charge in [-0.25, -0.2) is 9.97 Å². The van der Waals surface area contributed by atoms with Crippen molar-refractivity contribution in [1.82, 2.24) is 60.4 Å². The smallest absolute Gasteiger partial charge is 0.309 e. The van der Waals surface area contributed by atoms with E-state index in [9.17, 15) is 49.5 Å². The van der Waals surface area contributed by atoms with E-state index in [2.05, 4.69) is 79.6 Å². The number of carbonyl (C=O) groups is 4. The monoisotopic (exact) mass is 1400 g/mol. The number of aromatic nitrogens is 12. The van der Waals surface area contributed by atoms with E-state index >= 15 is 0 Å². The minimum Gasteiger partial charge on any atom is -0.466 e. The predicted molar refractivity (Wildman–Crippen MR) is 356 cm³/mol. The third kappa shape index (κ3) is 22.3. The number of ether oxygens (including phenoxy) is 3. The number of halogens is 2. The van der Waals surface area contributed by atoms with Crippen LogP contribution in [-0.4, -0.2) is 145 Å². The van der Waals surface area contributed by atoms with Crippen LogP contribution >= 0.6 is 23.2 Å². The first-order valence-corrected chi connectivity index (χ1v) is 32.5. The minimum atomic E-state index is -1.39. The lowest BCUT2D eigenvalue weighted by molar-refractivity contribution is -0.790. The van der Waals surface area contributed by atoms with Crippen molar-refractivity contribution in [1.29, 1.82) is 0 Å². The van der Waals surface area contributed by atoms with Gasteiger partial charge >= 0.3 is 11.9 Å². The van der Waals surface area contributed by atoms with Gasteiger partial charge in [0.2, 0.25) is 11.6 Å². The number of carbonyl (C=O) groups excluding carboxylic acids is 4. The molecule has 31 nitrogen and oxygen atoms in total. The molecule has 2 unspecified atom stereocenters. The first kappa shape index (κ1) is 73.9. The van der Waals surface area contributed by atoms with Crippen LogP contribution in [-0.2, 0) is 70.7 Å². The topological polar surface area (TPSA) is 398 Å². The average Bonchev–Trinajstić information content (AvgIpc) is 1.73. The Hall–Kier alpha value is -10.9. The van der Waals surface area contributed by atoms with Crippen LogP contribution in [0, 0.1) is 36.3 Å². The van der Waals surface area contributed by atoms with Crippen LogP contribution in [0.5, 0.6) is 0 Å². The fourth-order valence-corrected chi connectivity index (χ4v) is 11.1. The summed E-state index contributed by atoms with van der Waals surface area (Å²) in [4.78, 5) is 106. The van der Waals surface area contributed by atoms with Crippen molar-refractivity contribution in [3.8, 4) is 45.0 Å². The van der Waals surface area contributed by atoms with Crippen LogP contribution in [0.3, 0.4) is 0 Å². The Morgan fingerprint density at radius 2 is 1.04 bits per heavy atom. The Kier molecular flexibility index (Phi) is 28.5. The zero-order valence-corrected chi connectivity index (χ0v) is 55.5. The number of unbranched alkanes of at least 4 members (excludes halogenated alkanes) is 3. The van der Waals surface area contributed by atoms with Gasteiger partial charge in [0, 0.05) is 49.9 Å². The van der Waals surface area contributed by atoms with Gasteiger partial charge in [0.25, 0.3) is 15.3 Å². The second-order valence-corrected chi connectivity index (χ2v) is 23.0. The van der Waals surface area contributed by atoms with Crippen molar-refractivity contribution in [3.05, 3.63) is 208 Å². The van der Waals surface area contributed by atoms with E-state index in [1.807, 2.05) is 137 Å². The van der Waals surface area contributed by atoms with Gasteiger partial charge in [-0.15, -0.1) is 50.7 Å². The molecule has 5 aromatic carbocycles. The maximum Gasteiger partial charge on any atom is 0.309 e. The van der Waals surface area contributed by atoms with E-state index in [4.69, 9.17) is 37.4 Å². The van der Waals surface area contributed by atoms with Crippen molar-refractivity contribution < 1.29 is 63.2 Å². The van der Waals surface area contributed by atoms with Gasteiger partial charge in [-0.2, -0.15) is 10.4 Å². The Labute approximate surface area is 576 Å². The van der Waals surface area contributed by atoms with Gasteiger partial charge in [0.05, 0.1) is 38.8 Å². The SMILES string of the molecule is CCCCc1nc(Cl)c(C(=O)CC(Cc2ccccc2)C(=O)OCCOCC(CO[N+](=O)[O-])O[N+](=O)[O-])n1Cc1ccc(-c2ccccc2-c2nn[nH]n2)cc1.CCCCc1nc(Cl)c(C(=O)CCC(=O)OCCCCO[N+](=O)[O-])n1Cc1ccc(-c2ccccc2-c2nn[nH]n2)cc1. The van der Waals surface area contributed by atoms with E-state index in [0.717, 1.165) is 75.8 Å². The zero-order valence-electron chi connectivity index (χ0n) is 54.0. The molecule has 4 aromatic heterocycles. The van der Waals surface area contributed by atoms with Crippen LogP contribution < -0.4 is 0 Å².